The van der Waals surface area contributed by atoms with E-state index in [0.29, 0.717) is 12.1 Å². The van der Waals surface area contributed by atoms with Crippen molar-refractivity contribution < 1.29 is 4.74 Å². The zero-order chi connectivity index (χ0) is 10.4. The summed E-state index contributed by atoms with van der Waals surface area (Å²) in [6.45, 7) is 5.45. The van der Waals surface area contributed by atoms with Crippen LogP contribution in [-0.2, 0) is 4.74 Å². The standard InChI is InChI=1S/C12H25NO/c1-3-4-10(2)9-14-12-7-5-11(13)6-8-12/h10-12H,3-9,13H2,1-2H3. The first-order valence-electron chi connectivity index (χ1n) is 6.09. The molecule has 1 unspecified atom stereocenters. The molecule has 1 fully saturated rings. The average molecular weight is 199 g/mol. The maximum atomic E-state index is 5.89. The van der Waals surface area contributed by atoms with Gasteiger partial charge < -0.3 is 10.5 Å². The quantitative estimate of drug-likeness (QED) is 0.739. The summed E-state index contributed by atoms with van der Waals surface area (Å²) in [7, 11) is 0. The SMILES string of the molecule is CCCC(C)COC1CCC(N)CC1. The van der Waals surface area contributed by atoms with Gasteiger partial charge in [0, 0.05) is 12.6 Å². The highest BCUT2D eigenvalue weighted by atomic mass is 16.5. The Morgan fingerprint density at radius 2 is 1.93 bits per heavy atom. The summed E-state index contributed by atoms with van der Waals surface area (Å²) in [5.41, 5.74) is 5.85. The predicted molar refractivity (Wildman–Crippen MR) is 60.3 cm³/mol. The topological polar surface area (TPSA) is 35.2 Å². The Labute approximate surface area is 88.2 Å². The Morgan fingerprint density at radius 1 is 1.29 bits per heavy atom. The summed E-state index contributed by atoms with van der Waals surface area (Å²) in [4.78, 5) is 0. The third-order valence-corrected chi connectivity index (χ3v) is 3.12. The first kappa shape index (κ1) is 12.0. The van der Waals surface area contributed by atoms with Crippen LogP contribution < -0.4 is 5.73 Å². The molecule has 14 heavy (non-hydrogen) atoms. The summed E-state index contributed by atoms with van der Waals surface area (Å²) in [5, 5.41) is 0. The van der Waals surface area contributed by atoms with Crippen molar-refractivity contribution in [2.24, 2.45) is 11.7 Å². The van der Waals surface area contributed by atoms with Gasteiger partial charge in [-0.25, -0.2) is 0 Å². The molecule has 0 radical (unpaired) electrons. The van der Waals surface area contributed by atoms with Crippen molar-refractivity contribution in [1.82, 2.24) is 0 Å². The van der Waals surface area contributed by atoms with E-state index < -0.39 is 0 Å². The molecule has 1 saturated carbocycles. The number of rotatable bonds is 5. The summed E-state index contributed by atoms with van der Waals surface area (Å²) in [6.07, 6.45) is 7.67. The van der Waals surface area contributed by atoms with Crippen molar-refractivity contribution in [3.8, 4) is 0 Å². The van der Waals surface area contributed by atoms with Crippen molar-refractivity contribution in [3.05, 3.63) is 0 Å². The zero-order valence-corrected chi connectivity index (χ0v) is 9.67. The van der Waals surface area contributed by atoms with Gasteiger partial charge in [-0.3, -0.25) is 0 Å². The molecule has 0 amide bonds. The maximum Gasteiger partial charge on any atom is 0.0576 e. The van der Waals surface area contributed by atoms with Gasteiger partial charge >= 0.3 is 0 Å². The lowest BCUT2D eigenvalue weighted by atomic mass is 9.93. The number of nitrogens with two attached hydrogens (primary N) is 1. The first-order chi connectivity index (χ1) is 6.72. The largest absolute Gasteiger partial charge is 0.378 e. The van der Waals surface area contributed by atoms with E-state index in [-0.39, 0.29) is 0 Å². The minimum absolute atomic E-state index is 0.433. The van der Waals surface area contributed by atoms with E-state index in [0.717, 1.165) is 25.4 Å². The normalized spacial score (nSPS) is 30.2. The number of ether oxygens (including phenoxy) is 1. The second-order valence-electron chi connectivity index (χ2n) is 4.76. The van der Waals surface area contributed by atoms with Crippen LogP contribution in [0.2, 0.25) is 0 Å². The minimum atomic E-state index is 0.433. The van der Waals surface area contributed by atoms with Crippen LogP contribution in [-0.4, -0.2) is 18.8 Å². The Hall–Kier alpha value is -0.0800. The molecule has 84 valence electrons. The molecule has 0 aromatic carbocycles. The van der Waals surface area contributed by atoms with E-state index in [2.05, 4.69) is 13.8 Å². The zero-order valence-electron chi connectivity index (χ0n) is 9.67. The van der Waals surface area contributed by atoms with Crippen LogP contribution in [0.4, 0.5) is 0 Å². The molecule has 0 aromatic rings. The predicted octanol–water partition coefficient (Wildman–Crippen LogP) is 2.71. The van der Waals surface area contributed by atoms with Crippen molar-refractivity contribution >= 4 is 0 Å². The van der Waals surface area contributed by atoms with Crippen LogP contribution in [0.3, 0.4) is 0 Å². The van der Waals surface area contributed by atoms with E-state index in [1.54, 1.807) is 0 Å². The molecule has 0 aromatic heterocycles. The van der Waals surface area contributed by atoms with E-state index in [9.17, 15) is 0 Å². The maximum absolute atomic E-state index is 5.89. The molecule has 0 spiro atoms. The van der Waals surface area contributed by atoms with Crippen molar-refractivity contribution in [2.45, 2.75) is 64.5 Å². The first-order valence-corrected chi connectivity index (χ1v) is 6.09. The lowest BCUT2D eigenvalue weighted by molar-refractivity contribution is 0.00666. The van der Waals surface area contributed by atoms with Crippen LogP contribution in [0, 0.1) is 5.92 Å². The third kappa shape index (κ3) is 4.43. The fraction of sp³-hybridized carbons (Fsp3) is 1.00. The Balaban J connectivity index is 2.06. The van der Waals surface area contributed by atoms with Crippen LogP contribution in [0.25, 0.3) is 0 Å². The van der Waals surface area contributed by atoms with Crippen molar-refractivity contribution in [2.75, 3.05) is 6.61 Å². The number of hydrogen-bond acceptors (Lipinski definition) is 2. The van der Waals surface area contributed by atoms with Crippen molar-refractivity contribution in [3.63, 3.8) is 0 Å². The molecular formula is C12H25NO. The van der Waals surface area contributed by atoms with Crippen LogP contribution in [0.1, 0.15) is 52.4 Å². The molecule has 2 N–H and O–H groups in total. The van der Waals surface area contributed by atoms with E-state index >= 15 is 0 Å². The van der Waals surface area contributed by atoms with Gasteiger partial charge in [0.1, 0.15) is 0 Å². The molecule has 0 bridgehead atoms. The van der Waals surface area contributed by atoms with Gasteiger partial charge in [0.25, 0.3) is 0 Å². The van der Waals surface area contributed by atoms with Crippen LogP contribution in [0.15, 0.2) is 0 Å². The second-order valence-corrected chi connectivity index (χ2v) is 4.76. The third-order valence-electron chi connectivity index (χ3n) is 3.12. The molecule has 1 rings (SSSR count). The van der Waals surface area contributed by atoms with Gasteiger partial charge in [0.15, 0.2) is 0 Å². The molecule has 0 saturated heterocycles. The Morgan fingerprint density at radius 3 is 2.50 bits per heavy atom. The van der Waals surface area contributed by atoms with Gasteiger partial charge in [0.05, 0.1) is 6.10 Å². The molecule has 1 atom stereocenters. The molecule has 1 aliphatic rings. The van der Waals surface area contributed by atoms with Gasteiger partial charge in [-0.15, -0.1) is 0 Å². The molecule has 0 heterocycles. The molecule has 2 nitrogen and oxygen atoms in total. The van der Waals surface area contributed by atoms with Crippen LogP contribution in [0.5, 0.6) is 0 Å². The van der Waals surface area contributed by atoms with E-state index in [1.165, 1.54) is 25.7 Å². The van der Waals surface area contributed by atoms with Gasteiger partial charge in [0.2, 0.25) is 0 Å². The van der Waals surface area contributed by atoms with Gasteiger partial charge in [-0.2, -0.15) is 0 Å². The Kier molecular flexibility index (Phi) is 5.49. The number of hydrogen-bond donors (Lipinski definition) is 1. The fourth-order valence-electron chi connectivity index (χ4n) is 2.13. The average Bonchev–Trinajstić information content (AvgIpc) is 2.17. The highest BCUT2D eigenvalue weighted by Crippen LogP contribution is 2.20. The lowest BCUT2D eigenvalue weighted by Crippen LogP contribution is -2.31. The molecule has 2 heteroatoms. The van der Waals surface area contributed by atoms with Crippen LogP contribution >= 0.6 is 0 Å². The highest BCUT2D eigenvalue weighted by Gasteiger charge is 2.19. The summed E-state index contributed by atoms with van der Waals surface area (Å²) < 4.78 is 5.89. The summed E-state index contributed by atoms with van der Waals surface area (Å²) in [6, 6.07) is 0.433. The highest BCUT2D eigenvalue weighted by molar-refractivity contribution is 4.74. The molecular weight excluding hydrogens is 174 g/mol. The van der Waals surface area contributed by atoms with Gasteiger partial charge in [-0.05, 0) is 38.0 Å². The van der Waals surface area contributed by atoms with E-state index in [1.807, 2.05) is 0 Å². The second kappa shape index (κ2) is 6.41. The Bertz CT molecular complexity index is 141. The summed E-state index contributed by atoms with van der Waals surface area (Å²) in [5.74, 6) is 0.718. The van der Waals surface area contributed by atoms with E-state index in [4.69, 9.17) is 10.5 Å². The molecule has 1 aliphatic carbocycles. The minimum Gasteiger partial charge on any atom is -0.378 e. The smallest absolute Gasteiger partial charge is 0.0576 e. The molecule has 0 aliphatic heterocycles. The van der Waals surface area contributed by atoms with Crippen molar-refractivity contribution in [1.29, 1.82) is 0 Å². The summed E-state index contributed by atoms with van der Waals surface area (Å²) >= 11 is 0. The monoisotopic (exact) mass is 199 g/mol. The lowest BCUT2D eigenvalue weighted by Gasteiger charge is -2.27. The fourth-order valence-corrected chi connectivity index (χ4v) is 2.13. The van der Waals surface area contributed by atoms with Gasteiger partial charge in [-0.1, -0.05) is 20.3 Å².